The number of nitrogens with zero attached hydrogens (tertiary/aromatic N) is 1. The number of likely N-dealkylation sites (N-methyl/N-ethyl adjacent to an activating group) is 1. The number of likely N-dealkylation sites (tertiary alicyclic amines) is 1. The van der Waals surface area contributed by atoms with Crippen LogP contribution >= 0.6 is 0 Å². The molecular formula is C25H33NO4. The van der Waals surface area contributed by atoms with E-state index in [4.69, 9.17) is 9.47 Å². The van der Waals surface area contributed by atoms with E-state index < -0.39 is 11.2 Å². The zero-order valence-electron chi connectivity index (χ0n) is 18.4. The van der Waals surface area contributed by atoms with E-state index in [0.29, 0.717) is 11.8 Å². The SMILES string of the molecule is CCCC(C)(O)C1C[C@]23C=C[C@@]1(OC)[C@@H]1Oc4c(O)ccc5c4[C@@]12CCN(C)[C@@H]3C5. The van der Waals surface area contributed by atoms with Gasteiger partial charge in [-0.05, 0) is 57.8 Å². The first kappa shape index (κ1) is 19.1. The van der Waals surface area contributed by atoms with Gasteiger partial charge in [0.2, 0.25) is 0 Å². The Morgan fingerprint density at radius 3 is 2.87 bits per heavy atom. The molecule has 30 heavy (non-hydrogen) atoms. The first-order valence-corrected chi connectivity index (χ1v) is 11.5. The summed E-state index contributed by atoms with van der Waals surface area (Å²) in [4.78, 5) is 2.51. The molecular weight excluding hydrogens is 378 g/mol. The average molecular weight is 412 g/mol. The highest BCUT2D eigenvalue weighted by atomic mass is 16.6. The molecule has 2 N–H and O–H groups in total. The van der Waals surface area contributed by atoms with Gasteiger partial charge in [0.05, 0.1) is 11.0 Å². The number of benzene rings is 1. The van der Waals surface area contributed by atoms with Crippen LogP contribution in [0.1, 0.15) is 50.7 Å². The summed E-state index contributed by atoms with van der Waals surface area (Å²) in [7, 11) is 4.00. The molecule has 0 radical (unpaired) electrons. The highest BCUT2D eigenvalue weighted by molar-refractivity contribution is 5.65. The molecule has 1 aromatic carbocycles. The molecule has 2 fully saturated rings. The molecule has 6 aliphatic rings. The van der Waals surface area contributed by atoms with E-state index in [2.05, 4.69) is 37.1 Å². The van der Waals surface area contributed by atoms with E-state index in [1.54, 1.807) is 13.2 Å². The Hall–Kier alpha value is -1.56. The lowest BCUT2D eigenvalue weighted by atomic mass is 9.36. The van der Waals surface area contributed by atoms with Crippen LogP contribution in [0.4, 0.5) is 0 Å². The number of ether oxygens (including phenoxy) is 2. The zero-order valence-corrected chi connectivity index (χ0v) is 18.4. The van der Waals surface area contributed by atoms with Gasteiger partial charge in [0.1, 0.15) is 11.7 Å². The van der Waals surface area contributed by atoms with E-state index in [9.17, 15) is 10.2 Å². The highest BCUT2D eigenvalue weighted by Crippen LogP contribution is 2.75. The molecule has 0 aromatic heterocycles. The van der Waals surface area contributed by atoms with Gasteiger partial charge in [-0.1, -0.05) is 31.6 Å². The van der Waals surface area contributed by atoms with Crippen LogP contribution in [0.15, 0.2) is 24.3 Å². The number of aliphatic hydroxyl groups is 1. The lowest BCUT2D eigenvalue weighted by molar-refractivity contribution is -0.247. The predicted molar refractivity (Wildman–Crippen MR) is 114 cm³/mol. The van der Waals surface area contributed by atoms with Gasteiger partial charge in [0.25, 0.3) is 0 Å². The summed E-state index contributed by atoms with van der Waals surface area (Å²) in [5, 5.41) is 22.4. The minimum Gasteiger partial charge on any atom is -0.504 e. The molecule has 2 spiro atoms. The molecule has 162 valence electrons. The van der Waals surface area contributed by atoms with Gasteiger partial charge in [-0.25, -0.2) is 0 Å². The summed E-state index contributed by atoms with van der Waals surface area (Å²) < 4.78 is 13.1. The fourth-order valence-corrected chi connectivity index (χ4v) is 8.44. The highest BCUT2D eigenvalue weighted by Gasteiger charge is 2.80. The molecule has 7 atom stereocenters. The molecule has 1 aromatic rings. The quantitative estimate of drug-likeness (QED) is 0.746. The molecule has 0 amide bonds. The average Bonchev–Trinajstić information content (AvgIpc) is 3.09. The van der Waals surface area contributed by atoms with E-state index in [-0.39, 0.29) is 28.6 Å². The van der Waals surface area contributed by atoms with Crippen molar-refractivity contribution in [3.8, 4) is 11.5 Å². The molecule has 5 heteroatoms. The van der Waals surface area contributed by atoms with Crippen molar-refractivity contribution >= 4 is 0 Å². The Morgan fingerprint density at radius 1 is 1.33 bits per heavy atom. The second kappa shape index (κ2) is 5.62. The summed E-state index contributed by atoms with van der Waals surface area (Å²) in [6, 6.07) is 4.23. The number of hydrogen-bond donors (Lipinski definition) is 2. The van der Waals surface area contributed by atoms with Crippen LogP contribution in [-0.4, -0.2) is 59.2 Å². The van der Waals surface area contributed by atoms with Crippen LogP contribution in [0, 0.1) is 11.3 Å². The number of phenols is 1. The fraction of sp³-hybridized carbons (Fsp3) is 0.680. The lowest BCUT2D eigenvalue weighted by Crippen LogP contribution is -2.80. The van der Waals surface area contributed by atoms with Crippen molar-refractivity contribution in [2.45, 2.75) is 74.7 Å². The van der Waals surface area contributed by atoms with E-state index in [1.165, 1.54) is 11.1 Å². The monoisotopic (exact) mass is 411 g/mol. The number of phenolic OH excluding ortho intramolecular Hbond substituents is 1. The molecule has 2 aliphatic heterocycles. The van der Waals surface area contributed by atoms with Gasteiger partial charge in [0, 0.05) is 30.0 Å². The Kier molecular flexibility index (Phi) is 3.59. The first-order chi connectivity index (χ1) is 14.3. The second-order valence-corrected chi connectivity index (χ2v) is 10.7. The molecule has 4 aliphatic carbocycles. The number of piperidine rings is 1. The maximum absolute atomic E-state index is 11.7. The third-order valence-electron chi connectivity index (χ3n) is 9.58. The number of aromatic hydroxyl groups is 1. The topological polar surface area (TPSA) is 62.2 Å². The van der Waals surface area contributed by atoms with E-state index in [0.717, 1.165) is 38.6 Å². The Balaban J connectivity index is 1.66. The molecule has 2 unspecified atom stereocenters. The summed E-state index contributed by atoms with van der Waals surface area (Å²) in [6.07, 6.45) is 8.86. The molecule has 2 heterocycles. The van der Waals surface area contributed by atoms with Crippen molar-refractivity contribution in [1.82, 2.24) is 4.90 Å². The van der Waals surface area contributed by atoms with Crippen LogP contribution in [0.3, 0.4) is 0 Å². The standard InChI is InChI=1S/C25H33NO4/c1-5-8-22(2,28)17-14-23-9-10-25(17,29-4)21-24(23)11-12-26(3)18(23)13-15-6-7-16(27)20(30-21)19(15)24/h6-7,9-10,17-18,21,27-28H,5,8,11-14H2,1-4H3/t17?,18-,21-,22?,23+,24+,25+/m1/s1. The van der Waals surface area contributed by atoms with Crippen molar-refractivity contribution < 1.29 is 19.7 Å². The zero-order chi connectivity index (χ0) is 21.1. The number of hydrogen-bond acceptors (Lipinski definition) is 5. The van der Waals surface area contributed by atoms with Gasteiger partial charge in [-0.15, -0.1) is 0 Å². The molecule has 1 saturated carbocycles. The predicted octanol–water partition coefficient (Wildman–Crippen LogP) is 3.16. The van der Waals surface area contributed by atoms with Gasteiger partial charge in [-0.2, -0.15) is 0 Å². The van der Waals surface area contributed by atoms with Crippen LogP contribution in [0.5, 0.6) is 11.5 Å². The van der Waals surface area contributed by atoms with Crippen molar-refractivity contribution in [2.75, 3.05) is 20.7 Å². The van der Waals surface area contributed by atoms with Crippen molar-refractivity contribution in [1.29, 1.82) is 0 Å². The Bertz CT molecular complexity index is 957. The molecule has 7 rings (SSSR count). The van der Waals surface area contributed by atoms with E-state index in [1.807, 2.05) is 6.92 Å². The minimum absolute atomic E-state index is 0.0647. The van der Waals surface area contributed by atoms with Crippen molar-refractivity contribution in [3.63, 3.8) is 0 Å². The van der Waals surface area contributed by atoms with Gasteiger partial charge < -0.3 is 24.6 Å². The second-order valence-electron chi connectivity index (χ2n) is 10.7. The van der Waals surface area contributed by atoms with Crippen LogP contribution < -0.4 is 4.74 Å². The van der Waals surface area contributed by atoms with Crippen molar-refractivity contribution in [2.24, 2.45) is 11.3 Å². The fourth-order valence-electron chi connectivity index (χ4n) is 8.44. The Morgan fingerprint density at radius 2 is 2.13 bits per heavy atom. The summed E-state index contributed by atoms with van der Waals surface area (Å²) in [5.74, 6) is 0.823. The maximum atomic E-state index is 11.7. The van der Waals surface area contributed by atoms with Crippen LogP contribution in [0.25, 0.3) is 0 Å². The van der Waals surface area contributed by atoms with E-state index >= 15 is 0 Å². The lowest BCUT2D eigenvalue weighted by Gasteiger charge is -2.72. The smallest absolute Gasteiger partial charge is 0.165 e. The van der Waals surface area contributed by atoms with Crippen molar-refractivity contribution in [3.05, 3.63) is 35.4 Å². The first-order valence-electron chi connectivity index (χ1n) is 11.5. The number of rotatable bonds is 4. The van der Waals surface area contributed by atoms with Gasteiger partial charge in [0.15, 0.2) is 11.5 Å². The summed E-state index contributed by atoms with van der Waals surface area (Å²) in [6.45, 7) is 5.11. The molecule has 1 saturated heterocycles. The normalized spacial score (nSPS) is 44.5. The third-order valence-corrected chi connectivity index (χ3v) is 9.58. The third kappa shape index (κ3) is 1.80. The maximum Gasteiger partial charge on any atom is 0.165 e. The van der Waals surface area contributed by atoms with Gasteiger partial charge >= 0.3 is 0 Å². The largest absolute Gasteiger partial charge is 0.504 e. The number of fused-ring (bicyclic) bond motifs is 1. The van der Waals surface area contributed by atoms with Gasteiger partial charge in [-0.3, -0.25) is 0 Å². The molecule has 4 bridgehead atoms. The summed E-state index contributed by atoms with van der Waals surface area (Å²) >= 11 is 0. The number of methoxy groups -OCH3 is 1. The Labute approximate surface area is 178 Å². The van der Waals surface area contributed by atoms with Crippen LogP contribution in [0.2, 0.25) is 0 Å². The molecule has 5 nitrogen and oxygen atoms in total. The summed E-state index contributed by atoms with van der Waals surface area (Å²) in [5.41, 5.74) is 0.625. The van der Waals surface area contributed by atoms with Crippen LogP contribution in [-0.2, 0) is 16.6 Å². The minimum atomic E-state index is -0.850.